The van der Waals surface area contributed by atoms with Gasteiger partial charge in [-0.3, -0.25) is 5.41 Å². The predicted molar refractivity (Wildman–Crippen MR) is 98.6 cm³/mol. The Morgan fingerprint density at radius 1 is 1.31 bits per heavy atom. The third-order valence-corrected chi connectivity index (χ3v) is 4.65. The van der Waals surface area contributed by atoms with E-state index in [-0.39, 0.29) is 32.8 Å². The molecule has 2 heterocycles. The van der Waals surface area contributed by atoms with Crippen LogP contribution in [0.15, 0.2) is 36.5 Å². The highest BCUT2D eigenvalue weighted by molar-refractivity contribution is 6.14. The highest BCUT2D eigenvalue weighted by Crippen LogP contribution is 2.32. The van der Waals surface area contributed by atoms with Crippen LogP contribution in [0.2, 0.25) is 0 Å². The lowest BCUT2D eigenvalue weighted by Crippen LogP contribution is -2.25. The minimum Gasteiger partial charge on any atom is -0.490 e. The summed E-state index contributed by atoms with van der Waals surface area (Å²) >= 11 is 0. The van der Waals surface area contributed by atoms with E-state index in [9.17, 15) is 8.78 Å². The molecular formula is C19H22F2N4O. The number of nitrogens with zero attached hydrogens (tertiary/aromatic N) is 2. The highest BCUT2D eigenvalue weighted by atomic mass is 19.3. The fraction of sp³-hybridized carbons (Fsp3) is 0.368. The number of rotatable bonds is 5. The first-order chi connectivity index (χ1) is 12.4. The van der Waals surface area contributed by atoms with Crippen LogP contribution in [0.1, 0.15) is 31.8 Å². The predicted octanol–water partition coefficient (Wildman–Crippen LogP) is 3.71. The zero-order valence-corrected chi connectivity index (χ0v) is 14.2. The van der Waals surface area contributed by atoms with Crippen molar-refractivity contribution in [3.05, 3.63) is 47.7 Å². The Morgan fingerprint density at radius 2 is 2.12 bits per heavy atom. The Balaban J connectivity index is 0.00000210. The van der Waals surface area contributed by atoms with E-state index in [1.165, 1.54) is 6.20 Å². The number of aromatic nitrogens is 1. The average molecular weight is 360 g/mol. The van der Waals surface area contributed by atoms with Crippen molar-refractivity contribution >= 4 is 17.2 Å². The zero-order chi connectivity index (χ0) is 18.3. The van der Waals surface area contributed by atoms with Crippen molar-refractivity contribution in [1.29, 1.82) is 5.41 Å². The maximum absolute atomic E-state index is 13.5. The number of benzene rings is 1. The van der Waals surface area contributed by atoms with Crippen LogP contribution in [0, 0.1) is 5.41 Å². The van der Waals surface area contributed by atoms with E-state index >= 15 is 0 Å². The normalized spacial score (nSPS) is 18.8. The molecule has 2 aromatic rings. The van der Waals surface area contributed by atoms with Crippen LogP contribution in [0.4, 0.5) is 20.3 Å². The van der Waals surface area contributed by atoms with Gasteiger partial charge in [-0.1, -0.05) is 0 Å². The third kappa shape index (κ3) is 3.47. The molecule has 2 fully saturated rings. The number of alkyl halides is 2. The van der Waals surface area contributed by atoms with Gasteiger partial charge in [-0.25, -0.2) is 13.8 Å². The summed E-state index contributed by atoms with van der Waals surface area (Å²) in [5, 5.41) is 8.52. The first kappa shape index (κ1) is 16.8. The number of nitrogens with two attached hydrogens (primary N) is 1. The number of ether oxygens (including phenoxy) is 1. The molecule has 1 saturated carbocycles. The quantitative estimate of drug-likeness (QED) is 0.630. The van der Waals surface area contributed by atoms with Crippen molar-refractivity contribution < 1.29 is 14.9 Å². The van der Waals surface area contributed by atoms with Crippen molar-refractivity contribution in [2.24, 2.45) is 0 Å². The van der Waals surface area contributed by atoms with E-state index in [4.69, 9.17) is 15.9 Å². The zero-order valence-electron chi connectivity index (χ0n) is 14.2. The molecule has 0 amide bonds. The average Bonchev–Trinajstić information content (AvgIpc) is 3.36. The molecule has 1 saturated heterocycles. The van der Waals surface area contributed by atoms with Crippen LogP contribution in [0.3, 0.4) is 0 Å². The molecule has 1 aromatic carbocycles. The summed E-state index contributed by atoms with van der Waals surface area (Å²) in [6.45, 7) is -0.0900. The number of halogens is 2. The van der Waals surface area contributed by atoms with Crippen molar-refractivity contribution in [2.75, 3.05) is 23.7 Å². The smallest absolute Gasteiger partial charge is 0.266 e. The molecule has 138 valence electrons. The largest absolute Gasteiger partial charge is 0.490 e. The Labute approximate surface area is 151 Å². The summed E-state index contributed by atoms with van der Waals surface area (Å²) in [5.41, 5.74) is 7.89. The first-order valence-corrected chi connectivity index (χ1v) is 8.66. The molecule has 26 heavy (non-hydrogen) atoms. The number of nitrogen functional groups attached to an aromatic ring is 1. The van der Waals surface area contributed by atoms with Crippen LogP contribution in [0.5, 0.6) is 5.75 Å². The van der Waals surface area contributed by atoms with Gasteiger partial charge in [0, 0.05) is 37.4 Å². The molecule has 1 aliphatic heterocycles. The molecule has 7 heteroatoms. The molecule has 1 aromatic heterocycles. The standard InChI is InChI=1S/C19H20F2N4O.H2/c20-19(21)6-8-25(11-19)17-9-12(5-7-24-17)18(23)15-10-14(3-4-16(15)22)26-13-1-2-13;/h3-5,7,9-10,13,23H,1-2,6,8,11,22H2;1H. The second kappa shape index (κ2) is 6.23. The number of hydrogen-bond acceptors (Lipinski definition) is 5. The molecule has 3 N–H and O–H groups in total. The van der Waals surface area contributed by atoms with E-state index in [0.29, 0.717) is 28.4 Å². The Hall–Kier alpha value is -2.70. The van der Waals surface area contributed by atoms with Crippen molar-refractivity contribution in [3.8, 4) is 5.75 Å². The molecule has 1 aliphatic carbocycles. The van der Waals surface area contributed by atoms with Gasteiger partial charge in [0.05, 0.1) is 18.4 Å². The molecular weight excluding hydrogens is 338 g/mol. The van der Waals surface area contributed by atoms with E-state index in [0.717, 1.165) is 12.8 Å². The SMILES string of the molecule is N=C(c1ccnc(N2CCC(F)(F)C2)c1)c1cc(OC2CC2)ccc1N.[HH]. The van der Waals surface area contributed by atoms with Gasteiger partial charge in [-0.2, -0.15) is 0 Å². The minimum atomic E-state index is -2.69. The highest BCUT2D eigenvalue weighted by Gasteiger charge is 2.38. The summed E-state index contributed by atoms with van der Waals surface area (Å²) in [5.74, 6) is -1.55. The topological polar surface area (TPSA) is 75.2 Å². The van der Waals surface area contributed by atoms with Crippen LogP contribution >= 0.6 is 0 Å². The second-order valence-electron chi connectivity index (χ2n) is 6.87. The summed E-state index contributed by atoms with van der Waals surface area (Å²) < 4.78 is 32.7. The van der Waals surface area contributed by atoms with Gasteiger partial charge in [-0.05, 0) is 43.2 Å². The minimum absolute atomic E-state index is 0. The maximum Gasteiger partial charge on any atom is 0.266 e. The molecule has 0 atom stereocenters. The second-order valence-corrected chi connectivity index (χ2v) is 6.87. The van der Waals surface area contributed by atoms with Gasteiger partial charge >= 0.3 is 0 Å². The van der Waals surface area contributed by atoms with Gasteiger partial charge in [0.15, 0.2) is 0 Å². The van der Waals surface area contributed by atoms with E-state index in [2.05, 4.69) is 4.98 Å². The molecule has 2 aliphatic rings. The molecule has 0 bridgehead atoms. The summed E-state index contributed by atoms with van der Waals surface area (Å²) in [7, 11) is 0. The van der Waals surface area contributed by atoms with Crippen molar-refractivity contribution in [1.82, 2.24) is 4.98 Å². The van der Waals surface area contributed by atoms with Crippen LogP contribution in [-0.2, 0) is 0 Å². The fourth-order valence-corrected chi connectivity index (χ4v) is 3.04. The number of hydrogen-bond donors (Lipinski definition) is 2. The lowest BCUT2D eigenvalue weighted by atomic mass is 10.0. The lowest BCUT2D eigenvalue weighted by molar-refractivity contribution is 0.0256. The molecule has 0 radical (unpaired) electrons. The van der Waals surface area contributed by atoms with E-state index in [1.54, 1.807) is 35.2 Å². The molecule has 4 rings (SSSR count). The van der Waals surface area contributed by atoms with Crippen LogP contribution in [-0.4, -0.2) is 35.8 Å². The molecule has 0 unspecified atom stereocenters. The Kier molecular flexibility index (Phi) is 4.01. The number of anilines is 2. The number of pyridine rings is 1. The maximum atomic E-state index is 13.5. The molecule has 5 nitrogen and oxygen atoms in total. The van der Waals surface area contributed by atoms with Crippen molar-refractivity contribution in [3.63, 3.8) is 0 Å². The first-order valence-electron chi connectivity index (χ1n) is 8.66. The Morgan fingerprint density at radius 3 is 2.81 bits per heavy atom. The number of nitrogens with one attached hydrogen (secondary N) is 1. The fourth-order valence-electron chi connectivity index (χ4n) is 3.04. The van der Waals surface area contributed by atoms with Crippen molar-refractivity contribution in [2.45, 2.75) is 31.3 Å². The lowest BCUT2D eigenvalue weighted by Gasteiger charge is -2.18. The van der Waals surface area contributed by atoms with Gasteiger partial charge < -0.3 is 15.4 Å². The summed E-state index contributed by atoms with van der Waals surface area (Å²) in [4.78, 5) is 5.74. The van der Waals surface area contributed by atoms with E-state index < -0.39 is 5.92 Å². The summed E-state index contributed by atoms with van der Waals surface area (Å²) in [6, 6.07) is 8.64. The molecule has 0 spiro atoms. The van der Waals surface area contributed by atoms with Crippen LogP contribution < -0.4 is 15.4 Å². The summed E-state index contributed by atoms with van der Waals surface area (Å²) in [6.07, 6.45) is 3.71. The van der Waals surface area contributed by atoms with E-state index in [1.807, 2.05) is 0 Å². The third-order valence-electron chi connectivity index (χ3n) is 4.65. The monoisotopic (exact) mass is 360 g/mol. The van der Waals surface area contributed by atoms with Gasteiger partial charge in [0.25, 0.3) is 5.92 Å². The van der Waals surface area contributed by atoms with Gasteiger partial charge in [-0.15, -0.1) is 0 Å². The van der Waals surface area contributed by atoms with Gasteiger partial charge in [0.1, 0.15) is 11.6 Å². The van der Waals surface area contributed by atoms with Crippen LogP contribution in [0.25, 0.3) is 0 Å². The van der Waals surface area contributed by atoms with Gasteiger partial charge in [0.2, 0.25) is 0 Å². The Bertz CT molecular complexity index is 857.